The molecule has 0 N–H and O–H groups in total. The van der Waals surface area contributed by atoms with Gasteiger partial charge in [0.2, 0.25) is 0 Å². The second kappa shape index (κ2) is 20.5. The Hall–Kier alpha value is -4.68. The van der Waals surface area contributed by atoms with Gasteiger partial charge in [-0.2, -0.15) is 0 Å². The Bertz CT molecular complexity index is 2350. The number of benzene rings is 6. The van der Waals surface area contributed by atoms with Crippen LogP contribution in [0.3, 0.4) is 0 Å². The Morgan fingerprint density at radius 1 is 0.429 bits per heavy atom. The molecule has 0 unspecified atom stereocenters. The van der Waals surface area contributed by atoms with Gasteiger partial charge in [-0.25, -0.2) is 0 Å². The summed E-state index contributed by atoms with van der Waals surface area (Å²) in [6.07, 6.45) is 0. The van der Waals surface area contributed by atoms with Gasteiger partial charge in [0, 0.05) is 0 Å². The summed E-state index contributed by atoms with van der Waals surface area (Å²) in [5.74, 6) is 7.58. The summed E-state index contributed by atoms with van der Waals surface area (Å²) in [7, 11) is -4.58. The molecule has 12 heteroatoms. The number of hydrogen-bond donors (Lipinski definition) is 0. The van der Waals surface area contributed by atoms with E-state index in [-0.39, 0.29) is 9.79 Å². The number of rotatable bonds is 10. The second-order valence-corrected chi connectivity index (χ2v) is 23.2. The van der Waals surface area contributed by atoms with Crippen molar-refractivity contribution in [3.05, 3.63) is 187 Å². The third-order valence-electron chi connectivity index (χ3n) is 7.51. The first-order valence-electron chi connectivity index (χ1n) is 16.8. The van der Waals surface area contributed by atoms with Crippen LogP contribution in [0, 0.1) is 40.7 Å². The number of halogens is 2. The van der Waals surface area contributed by atoms with Gasteiger partial charge in [-0.05, 0) is 0 Å². The molecule has 0 fully saturated rings. The van der Waals surface area contributed by atoms with Crippen LogP contribution in [0.15, 0.2) is 168 Å². The van der Waals surface area contributed by atoms with Gasteiger partial charge in [-0.3, -0.25) is 0 Å². The molecule has 0 spiro atoms. The van der Waals surface area contributed by atoms with E-state index in [1.807, 2.05) is 123 Å². The molecule has 0 bridgehead atoms. The van der Waals surface area contributed by atoms with Crippen molar-refractivity contribution in [3.8, 4) is 31.2 Å². The fourth-order valence-corrected chi connectivity index (χ4v) is 15.8. The minimum absolute atomic E-state index is 0.141. The van der Waals surface area contributed by atoms with Crippen molar-refractivity contribution >= 4 is 60.7 Å². The van der Waals surface area contributed by atoms with Gasteiger partial charge in [-0.15, -0.1) is 0 Å². The van der Waals surface area contributed by atoms with Crippen molar-refractivity contribution in [2.24, 2.45) is 0 Å². The molecule has 6 aromatic rings. The molecule has 0 saturated heterocycles. The van der Waals surface area contributed by atoms with Gasteiger partial charge in [-0.1, -0.05) is 0 Å². The Morgan fingerprint density at radius 3 is 1.05 bits per heavy atom. The van der Waals surface area contributed by atoms with E-state index in [0.29, 0.717) is 0 Å². The van der Waals surface area contributed by atoms with Gasteiger partial charge >= 0.3 is 348 Å². The molecule has 0 aliphatic rings. The van der Waals surface area contributed by atoms with Crippen molar-refractivity contribution < 1.29 is 31.3 Å². The van der Waals surface area contributed by atoms with Crippen LogP contribution in [0.4, 0.5) is 0 Å². The summed E-state index contributed by atoms with van der Waals surface area (Å²) in [5.41, 5.74) is 3.51. The molecule has 0 aromatic heterocycles. The van der Waals surface area contributed by atoms with Crippen molar-refractivity contribution in [3.63, 3.8) is 0 Å². The van der Waals surface area contributed by atoms with Crippen LogP contribution < -0.4 is 9.47 Å². The first-order chi connectivity index (χ1) is 27.0. The normalized spacial score (nSPS) is 11.3. The first-order valence-corrected chi connectivity index (χ1v) is 25.7. The third-order valence-corrected chi connectivity index (χ3v) is 20.0. The van der Waals surface area contributed by atoms with E-state index in [4.69, 9.17) is 14.5 Å². The molecule has 6 aromatic carbocycles. The summed E-state index contributed by atoms with van der Waals surface area (Å²) in [5, 5.41) is 0. The number of methoxy groups -OCH3 is 2. The average Bonchev–Trinajstić information content (AvgIpc) is 3.22. The van der Waals surface area contributed by atoms with Crippen LogP contribution in [-0.2, 0) is 25.3 Å². The molecule has 0 heterocycles. The SMILES string of the molecule is COc1ccc(C#CI(OS(=O)(=O)c2ccc(C)cc2)c2ccccc2)cc1.COc1ccc(C#CI(OS(=O)(=O)c2ccc(C)cc2)c2ccccc2)cc1. The quantitative estimate of drug-likeness (QED) is 0.0988. The minimum atomic E-state index is -3.89. The molecule has 0 atom stereocenters. The maximum absolute atomic E-state index is 12.8. The third kappa shape index (κ3) is 12.7. The molecule has 6 rings (SSSR count). The van der Waals surface area contributed by atoms with Gasteiger partial charge in [0.25, 0.3) is 0 Å². The molecular formula is C44H38I2O8S2. The molecule has 0 radical (unpaired) electrons. The van der Waals surface area contributed by atoms with E-state index in [1.54, 1.807) is 62.8 Å². The van der Waals surface area contributed by atoms with Crippen LogP contribution >= 0.6 is 40.5 Å². The Balaban J connectivity index is 0.000000214. The molecule has 0 amide bonds. The molecule has 8 nitrogen and oxygen atoms in total. The van der Waals surface area contributed by atoms with Crippen LogP contribution in [0.2, 0.25) is 0 Å². The molecule has 56 heavy (non-hydrogen) atoms. The Morgan fingerprint density at radius 2 is 0.750 bits per heavy atom. The average molecular weight is 1010 g/mol. The predicted octanol–water partition coefficient (Wildman–Crippen LogP) is 10.0. The van der Waals surface area contributed by atoms with Crippen LogP contribution in [0.1, 0.15) is 22.3 Å². The second-order valence-electron chi connectivity index (χ2n) is 11.6. The van der Waals surface area contributed by atoms with Gasteiger partial charge in [0.05, 0.1) is 0 Å². The summed E-state index contributed by atoms with van der Waals surface area (Å²) >= 11 is -5.56. The molecule has 0 saturated carbocycles. The topological polar surface area (TPSA) is 105 Å². The maximum atomic E-state index is 12.8. The van der Waals surface area contributed by atoms with Gasteiger partial charge < -0.3 is 0 Å². The summed E-state index contributed by atoms with van der Waals surface area (Å²) in [4.78, 5) is 0.283. The van der Waals surface area contributed by atoms with E-state index < -0.39 is 60.7 Å². The zero-order valence-electron chi connectivity index (χ0n) is 30.8. The molecule has 288 valence electrons. The fourth-order valence-electron chi connectivity index (χ4n) is 4.46. The Labute approximate surface area is 345 Å². The van der Waals surface area contributed by atoms with E-state index in [1.165, 1.54) is 0 Å². The van der Waals surface area contributed by atoms with E-state index in [2.05, 4.69) is 19.7 Å². The number of ether oxygens (including phenoxy) is 2. The predicted molar refractivity (Wildman–Crippen MR) is 237 cm³/mol. The molecule has 0 aliphatic heterocycles. The summed E-state index contributed by atoms with van der Waals surface area (Å²) in [6.45, 7) is 3.81. The van der Waals surface area contributed by atoms with Crippen LogP contribution in [0.5, 0.6) is 11.5 Å². The number of hydrogen-bond acceptors (Lipinski definition) is 8. The van der Waals surface area contributed by atoms with Crippen LogP contribution in [-0.4, -0.2) is 31.1 Å². The fraction of sp³-hybridized carbons (Fsp3) is 0.0909. The summed E-state index contributed by atoms with van der Waals surface area (Å²) in [6, 6.07) is 46.4. The monoisotopic (exact) mass is 1010 g/mol. The first kappa shape index (κ1) is 42.5. The molecule has 0 aliphatic carbocycles. The van der Waals surface area contributed by atoms with E-state index >= 15 is 0 Å². The molecular weight excluding hydrogens is 974 g/mol. The van der Waals surface area contributed by atoms with E-state index in [0.717, 1.165) is 40.9 Å². The zero-order chi connectivity index (χ0) is 40.0. The van der Waals surface area contributed by atoms with Crippen molar-refractivity contribution in [2.75, 3.05) is 14.2 Å². The Kier molecular flexibility index (Phi) is 15.5. The number of aryl methyl sites for hydroxylation is 2. The van der Waals surface area contributed by atoms with Gasteiger partial charge in [0.1, 0.15) is 0 Å². The zero-order valence-corrected chi connectivity index (χ0v) is 36.8. The van der Waals surface area contributed by atoms with Crippen molar-refractivity contribution in [1.82, 2.24) is 0 Å². The van der Waals surface area contributed by atoms with Crippen molar-refractivity contribution in [1.29, 1.82) is 0 Å². The van der Waals surface area contributed by atoms with Gasteiger partial charge in [0.15, 0.2) is 0 Å². The standard InChI is InChI=1S/2C22H19IO4S/c2*1-18-8-14-22(15-9-18)28(24,25)27-23(20-6-4-3-5-7-20)17-16-19-10-12-21(26-2)13-11-19/h2*3-15H,1-2H3. The van der Waals surface area contributed by atoms with Crippen molar-refractivity contribution in [2.45, 2.75) is 23.6 Å². The van der Waals surface area contributed by atoms with Crippen LogP contribution in [0.25, 0.3) is 0 Å². The van der Waals surface area contributed by atoms with E-state index in [9.17, 15) is 16.8 Å². The summed E-state index contributed by atoms with van der Waals surface area (Å²) < 4.78 is 80.4.